The van der Waals surface area contributed by atoms with Crippen LogP contribution in [0.5, 0.6) is 0 Å². The Morgan fingerprint density at radius 3 is 2.50 bits per heavy atom. The first-order valence-corrected chi connectivity index (χ1v) is 9.29. The highest BCUT2D eigenvalue weighted by molar-refractivity contribution is 7.13. The summed E-state index contributed by atoms with van der Waals surface area (Å²) in [6.07, 6.45) is 4.77. The summed E-state index contributed by atoms with van der Waals surface area (Å²) in [6.45, 7) is 8.32. The van der Waals surface area contributed by atoms with Gasteiger partial charge in [0.25, 0.3) is 5.91 Å². The van der Waals surface area contributed by atoms with Crippen LogP contribution in [-0.4, -0.2) is 52.9 Å². The lowest BCUT2D eigenvalue weighted by molar-refractivity contribution is 0.0668. The number of carbonyl (C=O) groups excluding carboxylic acids is 1. The van der Waals surface area contributed by atoms with E-state index in [9.17, 15) is 4.79 Å². The van der Waals surface area contributed by atoms with E-state index in [1.807, 2.05) is 6.92 Å². The highest BCUT2D eigenvalue weighted by atomic mass is 32.1. The average molecular weight is 321 g/mol. The Morgan fingerprint density at radius 1 is 1.23 bits per heavy atom. The van der Waals surface area contributed by atoms with Crippen molar-refractivity contribution in [2.24, 2.45) is 0 Å². The lowest BCUT2D eigenvalue weighted by Gasteiger charge is -2.33. The first-order valence-electron chi connectivity index (χ1n) is 8.47. The van der Waals surface area contributed by atoms with Crippen molar-refractivity contribution in [1.29, 1.82) is 0 Å². The van der Waals surface area contributed by atoms with Gasteiger partial charge in [-0.05, 0) is 46.2 Å². The summed E-state index contributed by atoms with van der Waals surface area (Å²) in [7, 11) is 2.20. The fourth-order valence-corrected chi connectivity index (χ4v) is 4.89. The summed E-state index contributed by atoms with van der Waals surface area (Å²) in [5, 5.41) is 1.08. The van der Waals surface area contributed by atoms with Crippen LogP contribution < -0.4 is 0 Å². The minimum atomic E-state index is 0.213. The normalized spacial score (nSPS) is 26.3. The lowest BCUT2D eigenvalue weighted by Crippen LogP contribution is -2.47. The summed E-state index contributed by atoms with van der Waals surface area (Å²) in [6, 6.07) is 0.938. The van der Waals surface area contributed by atoms with Gasteiger partial charge in [0.15, 0.2) is 0 Å². The number of aromatic nitrogens is 1. The molecule has 2 atom stereocenters. The van der Waals surface area contributed by atoms with E-state index in [1.165, 1.54) is 19.4 Å². The second-order valence-corrected chi connectivity index (χ2v) is 8.05. The van der Waals surface area contributed by atoms with Crippen molar-refractivity contribution in [3.05, 3.63) is 15.6 Å². The third kappa shape index (κ3) is 2.81. The Bertz CT molecular complexity index is 554. The van der Waals surface area contributed by atoms with E-state index >= 15 is 0 Å². The minimum Gasteiger partial charge on any atom is -0.333 e. The van der Waals surface area contributed by atoms with E-state index < -0.39 is 0 Å². The molecule has 2 aliphatic heterocycles. The molecule has 1 amide bonds. The quantitative estimate of drug-likeness (QED) is 0.857. The van der Waals surface area contributed by atoms with Crippen molar-refractivity contribution in [1.82, 2.24) is 14.8 Å². The number of hydrogen-bond donors (Lipinski definition) is 0. The fourth-order valence-electron chi connectivity index (χ4n) is 3.86. The first-order chi connectivity index (χ1) is 10.5. The standard InChI is InChI=1S/C17H27N3OS/c1-11(2)16-18-12(3)15(22-16)17(21)20-10-6-8-14(20)13-7-5-9-19(13)4/h11,13-14H,5-10H2,1-4H3/t13-,14-/m1/s1. The Labute approximate surface area is 137 Å². The van der Waals surface area contributed by atoms with E-state index in [2.05, 4.69) is 35.7 Å². The molecule has 0 unspecified atom stereocenters. The molecular formula is C17H27N3OS. The van der Waals surface area contributed by atoms with E-state index in [0.717, 1.165) is 35.0 Å². The molecule has 5 heteroatoms. The van der Waals surface area contributed by atoms with E-state index in [0.29, 0.717) is 18.0 Å². The zero-order valence-corrected chi connectivity index (χ0v) is 14.9. The Balaban J connectivity index is 1.81. The number of carbonyl (C=O) groups is 1. The zero-order valence-electron chi connectivity index (χ0n) is 14.1. The van der Waals surface area contributed by atoms with Crippen LogP contribution in [0.1, 0.15) is 65.8 Å². The molecular weight excluding hydrogens is 294 g/mol. The first kappa shape index (κ1) is 15.9. The molecule has 1 aromatic rings. The number of likely N-dealkylation sites (N-methyl/N-ethyl adjacent to an activating group) is 1. The van der Waals surface area contributed by atoms with E-state index in [4.69, 9.17) is 0 Å². The number of hydrogen-bond acceptors (Lipinski definition) is 4. The van der Waals surface area contributed by atoms with Crippen molar-refractivity contribution in [3.8, 4) is 0 Å². The van der Waals surface area contributed by atoms with Crippen LogP contribution in [0.15, 0.2) is 0 Å². The molecule has 3 heterocycles. The molecule has 3 rings (SSSR count). The highest BCUT2D eigenvalue weighted by Gasteiger charge is 2.39. The molecule has 122 valence electrons. The maximum Gasteiger partial charge on any atom is 0.266 e. The number of likely N-dealkylation sites (tertiary alicyclic amines) is 2. The summed E-state index contributed by atoms with van der Waals surface area (Å²) in [5.74, 6) is 0.602. The minimum absolute atomic E-state index is 0.213. The van der Waals surface area contributed by atoms with Gasteiger partial charge >= 0.3 is 0 Å². The molecule has 2 aliphatic rings. The van der Waals surface area contributed by atoms with Gasteiger partial charge < -0.3 is 9.80 Å². The molecule has 0 spiro atoms. The van der Waals surface area contributed by atoms with Crippen LogP contribution in [0.4, 0.5) is 0 Å². The topological polar surface area (TPSA) is 36.4 Å². The molecule has 0 saturated carbocycles. The van der Waals surface area contributed by atoms with Crippen molar-refractivity contribution in [3.63, 3.8) is 0 Å². The number of rotatable bonds is 3. The second-order valence-electron chi connectivity index (χ2n) is 7.02. The zero-order chi connectivity index (χ0) is 15.9. The molecule has 4 nitrogen and oxygen atoms in total. The summed E-state index contributed by atoms with van der Waals surface area (Å²) >= 11 is 1.59. The number of aryl methyl sites for hydroxylation is 1. The van der Waals surface area contributed by atoms with Gasteiger partial charge in [-0.15, -0.1) is 11.3 Å². The van der Waals surface area contributed by atoms with Crippen molar-refractivity contribution < 1.29 is 4.79 Å². The predicted molar refractivity (Wildman–Crippen MR) is 90.7 cm³/mol. The van der Waals surface area contributed by atoms with Gasteiger partial charge in [0.05, 0.1) is 10.7 Å². The number of thiazole rings is 1. The Kier molecular flexibility index (Phi) is 4.55. The second kappa shape index (κ2) is 6.28. The van der Waals surface area contributed by atoms with Gasteiger partial charge in [0.2, 0.25) is 0 Å². The van der Waals surface area contributed by atoms with Crippen LogP contribution in [0.3, 0.4) is 0 Å². The molecule has 0 radical (unpaired) electrons. The van der Waals surface area contributed by atoms with Crippen LogP contribution in [0.2, 0.25) is 0 Å². The third-order valence-corrected chi connectivity index (χ3v) is 6.53. The SMILES string of the molecule is Cc1nc(C(C)C)sc1C(=O)N1CCC[C@@H]1[C@H]1CCCN1C. The molecule has 0 aliphatic carbocycles. The van der Waals surface area contributed by atoms with Gasteiger partial charge in [0, 0.05) is 24.5 Å². The van der Waals surface area contributed by atoms with Crippen molar-refractivity contribution in [2.75, 3.05) is 20.1 Å². The number of nitrogens with zero attached hydrogens (tertiary/aromatic N) is 3. The van der Waals surface area contributed by atoms with Gasteiger partial charge in [-0.1, -0.05) is 13.8 Å². The third-order valence-electron chi connectivity index (χ3n) is 5.08. The highest BCUT2D eigenvalue weighted by Crippen LogP contribution is 2.32. The fraction of sp³-hybridized carbons (Fsp3) is 0.765. The molecule has 2 saturated heterocycles. The Hall–Kier alpha value is -0.940. The summed E-state index contributed by atoms with van der Waals surface area (Å²) in [4.78, 5) is 23.1. The van der Waals surface area contributed by atoms with Crippen LogP contribution in [0, 0.1) is 6.92 Å². The van der Waals surface area contributed by atoms with Gasteiger partial charge in [-0.3, -0.25) is 4.79 Å². The van der Waals surface area contributed by atoms with Gasteiger partial charge in [0.1, 0.15) is 4.88 Å². The number of amides is 1. The van der Waals surface area contributed by atoms with E-state index in [1.54, 1.807) is 11.3 Å². The molecule has 0 aromatic carbocycles. The summed E-state index contributed by atoms with van der Waals surface area (Å²) in [5.41, 5.74) is 0.907. The van der Waals surface area contributed by atoms with Gasteiger partial charge in [-0.25, -0.2) is 4.98 Å². The maximum atomic E-state index is 13.1. The smallest absolute Gasteiger partial charge is 0.266 e. The average Bonchev–Trinajstić information content (AvgIpc) is 3.16. The molecule has 2 fully saturated rings. The molecule has 0 N–H and O–H groups in total. The maximum absolute atomic E-state index is 13.1. The van der Waals surface area contributed by atoms with E-state index in [-0.39, 0.29) is 5.91 Å². The lowest BCUT2D eigenvalue weighted by atomic mass is 10.0. The molecule has 1 aromatic heterocycles. The predicted octanol–water partition coefficient (Wildman–Crippen LogP) is 3.27. The molecule has 22 heavy (non-hydrogen) atoms. The van der Waals surface area contributed by atoms with Crippen LogP contribution >= 0.6 is 11.3 Å². The van der Waals surface area contributed by atoms with Crippen molar-refractivity contribution >= 4 is 17.2 Å². The monoisotopic (exact) mass is 321 g/mol. The van der Waals surface area contributed by atoms with Crippen LogP contribution in [-0.2, 0) is 0 Å². The molecule has 0 bridgehead atoms. The summed E-state index contributed by atoms with van der Waals surface area (Å²) < 4.78 is 0. The van der Waals surface area contributed by atoms with Gasteiger partial charge in [-0.2, -0.15) is 0 Å². The Morgan fingerprint density at radius 2 is 1.91 bits per heavy atom. The largest absolute Gasteiger partial charge is 0.333 e. The van der Waals surface area contributed by atoms with Crippen LogP contribution in [0.25, 0.3) is 0 Å². The van der Waals surface area contributed by atoms with Crippen molar-refractivity contribution in [2.45, 2.75) is 64.5 Å².